The quantitative estimate of drug-likeness (QED) is 0.561. The molecule has 2 amide bonds. The van der Waals surface area contributed by atoms with Crippen LogP contribution in [0, 0.1) is 11.3 Å². The Bertz CT molecular complexity index is 749. The molecule has 5 aliphatic carbocycles. The molecule has 1 saturated heterocycles. The summed E-state index contributed by atoms with van der Waals surface area (Å²) in [7, 11) is 0. The number of aliphatic hydroxyl groups is 1. The smallest absolute Gasteiger partial charge is 0.246 e. The molecule has 3 atom stereocenters. The summed E-state index contributed by atoms with van der Waals surface area (Å²) in [5.74, 6) is 0.141. The average Bonchev–Trinajstić information content (AvgIpc) is 2.68. The van der Waals surface area contributed by atoms with Gasteiger partial charge in [0.05, 0.1) is 30.0 Å². The SMILES string of the molecule is O=C(COC1CCC(Cl)C(F)C1)NC12CC(C(=O)N3CC(O)(C4CCC(Cl)CC4)C3)(C1)C2. The summed E-state index contributed by atoms with van der Waals surface area (Å²) in [6.45, 7) is 0.744. The maximum absolute atomic E-state index is 13.7. The summed E-state index contributed by atoms with van der Waals surface area (Å²) in [5, 5.41) is 13.7. The van der Waals surface area contributed by atoms with Crippen molar-refractivity contribution >= 4 is 35.0 Å². The first-order chi connectivity index (χ1) is 15.1. The molecule has 0 aromatic rings. The Balaban J connectivity index is 1.03. The number of likely N-dealkylation sites (tertiary alicyclic amines) is 1. The highest BCUT2D eigenvalue weighted by atomic mass is 35.5. The molecular weight excluding hydrogens is 458 g/mol. The van der Waals surface area contributed by atoms with Gasteiger partial charge in [-0.25, -0.2) is 4.39 Å². The second-order valence-corrected chi connectivity index (χ2v) is 12.3. The average molecular weight is 491 g/mol. The highest BCUT2D eigenvalue weighted by Crippen LogP contribution is 2.68. The Morgan fingerprint density at radius 3 is 2.34 bits per heavy atom. The molecule has 1 aliphatic heterocycles. The Morgan fingerprint density at radius 2 is 1.72 bits per heavy atom. The van der Waals surface area contributed by atoms with Gasteiger partial charge in [-0.3, -0.25) is 9.59 Å². The molecule has 6 rings (SSSR count). The Hall–Kier alpha value is -0.630. The zero-order valence-corrected chi connectivity index (χ0v) is 19.8. The van der Waals surface area contributed by atoms with Crippen LogP contribution in [0.2, 0.25) is 0 Å². The van der Waals surface area contributed by atoms with Gasteiger partial charge in [0.25, 0.3) is 0 Å². The Labute approximate surface area is 198 Å². The number of ether oxygens (including phenoxy) is 1. The van der Waals surface area contributed by atoms with Gasteiger partial charge in [-0.2, -0.15) is 0 Å². The summed E-state index contributed by atoms with van der Waals surface area (Å²) >= 11 is 12.1. The molecule has 6 fully saturated rings. The van der Waals surface area contributed by atoms with E-state index >= 15 is 0 Å². The van der Waals surface area contributed by atoms with E-state index in [1.807, 2.05) is 0 Å². The number of carbonyl (C=O) groups is 2. The van der Waals surface area contributed by atoms with Crippen LogP contribution in [0.15, 0.2) is 0 Å². The van der Waals surface area contributed by atoms with Crippen LogP contribution in [0.5, 0.6) is 0 Å². The highest BCUT2D eigenvalue weighted by Gasteiger charge is 2.73. The largest absolute Gasteiger partial charge is 0.386 e. The van der Waals surface area contributed by atoms with Crippen LogP contribution in [0.4, 0.5) is 4.39 Å². The molecule has 2 N–H and O–H groups in total. The van der Waals surface area contributed by atoms with E-state index < -0.39 is 17.1 Å². The van der Waals surface area contributed by atoms with E-state index in [0.29, 0.717) is 45.2 Å². The van der Waals surface area contributed by atoms with Gasteiger partial charge >= 0.3 is 0 Å². The molecule has 0 aromatic heterocycles. The normalized spacial score (nSPS) is 44.6. The second-order valence-electron chi connectivity index (χ2n) is 11.1. The van der Waals surface area contributed by atoms with Crippen LogP contribution >= 0.6 is 23.2 Å². The van der Waals surface area contributed by atoms with Gasteiger partial charge in [0.2, 0.25) is 11.8 Å². The number of carbonyl (C=O) groups excluding carboxylic acids is 2. The predicted octanol–water partition coefficient (Wildman–Crippen LogP) is 2.91. The van der Waals surface area contributed by atoms with Crippen LogP contribution in [0.25, 0.3) is 0 Å². The molecule has 9 heteroatoms. The van der Waals surface area contributed by atoms with E-state index in [0.717, 1.165) is 25.7 Å². The Morgan fingerprint density at radius 1 is 1.06 bits per heavy atom. The molecule has 1 heterocycles. The number of β-amino-alcohol motifs (C(OH)–C–C–N with tert-alkyl or cyclic N) is 1. The van der Waals surface area contributed by atoms with Crippen LogP contribution in [0.3, 0.4) is 0 Å². The second kappa shape index (κ2) is 8.24. The summed E-state index contributed by atoms with van der Waals surface area (Å²) in [5.41, 5.74) is -1.43. The summed E-state index contributed by atoms with van der Waals surface area (Å²) in [4.78, 5) is 27.1. The maximum Gasteiger partial charge on any atom is 0.246 e. The Kier molecular flexibility index (Phi) is 5.96. The molecule has 6 nitrogen and oxygen atoms in total. The van der Waals surface area contributed by atoms with Crippen molar-refractivity contribution in [2.24, 2.45) is 11.3 Å². The van der Waals surface area contributed by atoms with E-state index in [1.54, 1.807) is 4.90 Å². The number of nitrogens with one attached hydrogen (secondary N) is 1. The first-order valence-corrected chi connectivity index (χ1v) is 12.9. The number of rotatable bonds is 6. The number of alkyl halides is 3. The lowest BCUT2D eigenvalue weighted by Crippen LogP contribution is -2.81. The van der Waals surface area contributed by atoms with Crippen molar-refractivity contribution in [2.45, 2.75) is 98.4 Å². The van der Waals surface area contributed by atoms with E-state index in [9.17, 15) is 19.1 Å². The first-order valence-electron chi connectivity index (χ1n) is 12.0. The zero-order valence-electron chi connectivity index (χ0n) is 18.3. The molecule has 0 radical (unpaired) electrons. The molecule has 3 unspecified atom stereocenters. The van der Waals surface area contributed by atoms with Gasteiger partial charge in [0.1, 0.15) is 18.4 Å². The van der Waals surface area contributed by atoms with E-state index in [-0.39, 0.29) is 53.2 Å². The van der Waals surface area contributed by atoms with Gasteiger partial charge in [0, 0.05) is 17.3 Å². The molecule has 180 valence electrons. The minimum Gasteiger partial charge on any atom is -0.386 e. The van der Waals surface area contributed by atoms with E-state index in [4.69, 9.17) is 27.9 Å². The van der Waals surface area contributed by atoms with Crippen molar-refractivity contribution in [1.82, 2.24) is 10.2 Å². The fourth-order valence-corrected chi connectivity index (χ4v) is 7.29. The van der Waals surface area contributed by atoms with Crippen molar-refractivity contribution in [1.29, 1.82) is 0 Å². The summed E-state index contributed by atoms with van der Waals surface area (Å²) in [6, 6.07) is 0. The fourth-order valence-electron chi connectivity index (χ4n) is 6.81. The first kappa shape index (κ1) is 23.1. The number of halogens is 3. The van der Waals surface area contributed by atoms with Gasteiger partial charge in [-0.05, 0) is 63.7 Å². The number of hydrogen-bond acceptors (Lipinski definition) is 4. The third-order valence-electron chi connectivity index (χ3n) is 8.62. The monoisotopic (exact) mass is 490 g/mol. The third kappa shape index (κ3) is 4.05. The zero-order chi connectivity index (χ0) is 22.7. The lowest BCUT2D eigenvalue weighted by molar-refractivity contribution is -0.214. The lowest BCUT2D eigenvalue weighted by Gasteiger charge is -2.70. The van der Waals surface area contributed by atoms with Crippen LogP contribution in [-0.4, -0.2) is 75.7 Å². The van der Waals surface area contributed by atoms with Crippen molar-refractivity contribution in [2.75, 3.05) is 19.7 Å². The molecule has 2 bridgehead atoms. The molecule has 6 aliphatic rings. The van der Waals surface area contributed by atoms with Gasteiger partial charge in [-0.1, -0.05) is 0 Å². The van der Waals surface area contributed by atoms with Crippen LogP contribution in [0.1, 0.15) is 64.2 Å². The van der Waals surface area contributed by atoms with Crippen molar-refractivity contribution < 1.29 is 23.8 Å². The lowest BCUT2D eigenvalue weighted by atomic mass is 9.38. The number of amides is 2. The highest BCUT2D eigenvalue weighted by molar-refractivity contribution is 6.21. The predicted molar refractivity (Wildman–Crippen MR) is 118 cm³/mol. The molecule has 5 saturated carbocycles. The molecule has 32 heavy (non-hydrogen) atoms. The summed E-state index contributed by atoms with van der Waals surface area (Å²) < 4.78 is 19.3. The van der Waals surface area contributed by atoms with E-state index in [2.05, 4.69) is 5.32 Å². The fraction of sp³-hybridized carbons (Fsp3) is 0.913. The summed E-state index contributed by atoms with van der Waals surface area (Å²) in [6.07, 6.45) is 5.78. The molecular formula is C23H33Cl2FN2O4. The van der Waals surface area contributed by atoms with E-state index in [1.165, 1.54) is 0 Å². The van der Waals surface area contributed by atoms with Crippen molar-refractivity contribution in [3.63, 3.8) is 0 Å². The van der Waals surface area contributed by atoms with Gasteiger partial charge in [-0.15, -0.1) is 23.2 Å². The molecule has 0 spiro atoms. The minimum absolute atomic E-state index is 0.0866. The van der Waals surface area contributed by atoms with Crippen molar-refractivity contribution in [3.8, 4) is 0 Å². The maximum atomic E-state index is 13.7. The van der Waals surface area contributed by atoms with Gasteiger partial charge < -0.3 is 20.1 Å². The minimum atomic E-state index is -1.09. The molecule has 0 aromatic carbocycles. The van der Waals surface area contributed by atoms with Crippen LogP contribution in [-0.2, 0) is 14.3 Å². The van der Waals surface area contributed by atoms with Gasteiger partial charge in [0.15, 0.2) is 0 Å². The van der Waals surface area contributed by atoms with Crippen LogP contribution < -0.4 is 5.32 Å². The number of nitrogens with zero attached hydrogens (tertiary/aromatic N) is 1. The van der Waals surface area contributed by atoms with Crippen molar-refractivity contribution in [3.05, 3.63) is 0 Å². The number of hydrogen-bond donors (Lipinski definition) is 2. The standard InChI is InChI=1S/C23H33Cl2FN2O4/c24-15-3-1-14(2-4-15)23(31)12-28(13-23)20(30)21-9-22(10-21,11-21)27-19(29)8-32-16-5-6-17(25)18(26)7-16/h14-18,31H,1-13H2,(H,27,29). The topological polar surface area (TPSA) is 78.9 Å². The third-order valence-corrected chi connectivity index (χ3v) is 9.54.